The molecule has 3 nitrogen and oxygen atoms in total. The molecule has 1 rings (SSSR count). The third-order valence-electron chi connectivity index (χ3n) is 2.34. The van der Waals surface area contributed by atoms with Crippen LogP contribution in [0.4, 0.5) is 0 Å². The number of carbonyl (C=O) groups is 1. The van der Waals surface area contributed by atoms with Gasteiger partial charge in [0, 0.05) is 6.61 Å². The Balaban J connectivity index is 2.41. The highest BCUT2D eigenvalue weighted by atomic mass is 16.6. The lowest BCUT2D eigenvalue weighted by Crippen LogP contribution is -2.26. The summed E-state index contributed by atoms with van der Waals surface area (Å²) in [6.45, 7) is 10.3. The molecular formula is C11H20O3. The summed E-state index contributed by atoms with van der Waals surface area (Å²) in [6.07, 6.45) is 0.0786. The van der Waals surface area contributed by atoms with Crippen LogP contribution in [0.25, 0.3) is 0 Å². The summed E-state index contributed by atoms with van der Waals surface area (Å²) in [4.78, 5) is 11.6. The van der Waals surface area contributed by atoms with Crippen LogP contribution in [-0.2, 0) is 14.3 Å². The second-order valence-electron chi connectivity index (χ2n) is 4.84. The van der Waals surface area contributed by atoms with Crippen molar-refractivity contribution in [3.8, 4) is 0 Å². The molecule has 0 bridgehead atoms. The number of ether oxygens (including phenoxy) is 2. The van der Waals surface area contributed by atoms with E-state index in [2.05, 4.69) is 0 Å². The summed E-state index contributed by atoms with van der Waals surface area (Å²) in [6, 6.07) is 0. The minimum Gasteiger partial charge on any atom is -0.460 e. The molecule has 0 radical (unpaired) electrons. The Labute approximate surface area is 85.8 Å². The van der Waals surface area contributed by atoms with E-state index in [4.69, 9.17) is 9.47 Å². The van der Waals surface area contributed by atoms with Crippen molar-refractivity contribution in [3.63, 3.8) is 0 Å². The predicted molar refractivity (Wildman–Crippen MR) is 53.9 cm³/mol. The van der Waals surface area contributed by atoms with E-state index >= 15 is 0 Å². The smallest absolute Gasteiger partial charge is 0.312 e. The van der Waals surface area contributed by atoms with Crippen molar-refractivity contribution in [3.05, 3.63) is 0 Å². The largest absolute Gasteiger partial charge is 0.460 e. The Morgan fingerprint density at radius 3 is 2.36 bits per heavy atom. The van der Waals surface area contributed by atoms with Gasteiger partial charge in [-0.1, -0.05) is 6.92 Å². The van der Waals surface area contributed by atoms with Gasteiger partial charge in [-0.25, -0.2) is 0 Å². The van der Waals surface area contributed by atoms with E-state index < -0.39 is 5.60 Å². The average Bonchev–Trinajstić information content (AvgIpc) is 2.58. The first-order valence-electron chi connectivity index (χ1n) is 5.21. The normalized spacial score (nSPS) is 31.4. The molecule has 1 aliphatic rings. The van der Waals surface area contributed by atoms with Crippen molar-refractivity contribution in [1.82, 2.24) is 0 Å². The molecule has 0 aliphatic heterocycles. The highest BCUT2D eigenvalue weighted by Crippen LogP contribution is 2.42. The third kappa shape index (κ3) is 2.71. The number of rotatable bonds is 3. The molecule has 0 amide bonds. The van der Waals surface area contributed by atoms with Crippen LogP contribution >= 0.6 is 0 Å². The van der Waals surface area contributed by atoms with Gasteiger partial charge < -0.3 is 9.47 Å². The fourth-order valence-corrected chi connectivity index (χ4v) is 1.59. The van der Waals surface area contributed by atoms with Crippen LogP contribution < -0.4 is 0 Å². The molecule has 14 heavy (non-hydrogen) atoms. The quantitative estimate of drug-likeness (QED) is 0.654. The van der Waals surface area contributed by atoms with Crippen molar-refractivity contribution in [1.29, 1.82) is 0 Å². The van der Waals surface area contributed by atoms with Crippen LogP contribution in [-0.4, -0.2) is 24.3 Å². The van der Waals surface area contributed by atoms with Gasteiger partial charge in [0.25, 0.3) is 0 Å². The maximum atomic E-state index is 11.6. The van der Waals surface area contributed by atoms with Crippen molar-refractivity contribution in [2.45, 2.75) is 46.3 Å². The van der Waals surface area contributed by atoms with Crippen molar-refractivity contribution in [2.24, 2.45) is 11.8 Å². The van der Waals surface area contributed by atoms with Crippen LogP contribution in [0.2, 0.25) is 0 Å². The minimum absolute atomic E-state index is 0.0471. The second kappa shape index (κ2) is 3.89. The van der Waals surface area contributed by atoms with Gasteiger partial charge in [0.2, 0.25) is 0 Å². The Kier molecular flexibility index (Phi) is 3.20. The lowest BCUT2D eigenvalue weighted by atomic mass is 10.2. The highest BCUT2D eigenvalue weighted by molar-refractivity contribution is 5.77. The molecule has 0 unspecified atom stereocenters. The molecule has 3 atom stereocenters. The average molecular weight is 200 g/mol. The number of esters is 1. The number of carbonyl (C=O) groups excluding carboxylic acids is 1. The van der Waals surface area contributed by atoms with E-state index in [9.17, 15) is 4.79 Å². The van der Waals surface area contributed by atoms with Gasteiger partial charge in [0.1, 0.15) is 5.60 Å². The molecule has 0 aromatic rings. The van der Waals surface area contributed by atoms with Gasteiger partial charge in [0.05, 0.1) is 12.0 Å². The van der Waals surface area contributed by atoms with E-state index in [-0.39, 0.29) is 18.0 Å². The first-order chi connectivity index (χ1) is 6.37. The number of hydrogen-bond acceptors (Lipinski definition) is 3. The first kappa shape index (κ1) is 11.5. The Morgan fingerprint density at radius 1 is 1.36 bits per heavy atom. The van der Waals surface area contributed by atoms with Crippen LogP contribution in [0.1, 0.15) is 34.6 Å². The topological polar surface area (TPSA) is 35.5 Å². The summed E-state index contributed by atoms with van der Waals surface area (Å²) in [5.41, 5.74) is -0.393. The predicted octanol–water partition coefficient (Wildman–Crippen LogP) is 2.00. The molecule has 1 aliphatic carbocycles. The fraction of sp³-hybridized carbons (Fsp3) is 0.909. The molecule has 0 aromatic carbocycles. The van der Waals surface area contributed by atoms with Crippen LogP contribution in [0.15, 0.2) is 0 Å². The Hall–Kier alpha value is -0.570. The lowest BCUT2D eigenvalue weighted by molar-refractivity contribution is -0.157. The van der Waals surface area contributed by atoms with Gasteiger partial charge in [0.15, 0.2) is 0 Å². The maximum absolute atomic E-state index is 11.6. The molecule has 1 saturated carbocycles. The maximum Gasteiger partial charge on any atom is 0.312 e. The molecule has 0 aromatic heterocycles. The molecular weight excluding hydrogens is 180 g/mol. The summed E-state index contributed by atoms with van der Waals surface area (Å²) in [5.74, 6) is 0.141. The zero-order valence-electron chi connectivity index (χ0n) is 9.66. The van der Waals surface area contributed by atoms with Crippen molar-refractivity contribution < 1.29 is 14.3 Å². The highest BCUT2D eigenvalue weighted by Gasteiger charge is 2.54. The van der Waals surface area contributed by atoms with Gasteiger partial charge in [-0.2, -0.15) is 0 Å². The second-order valence-corrected chi connectivity index (χ2v) is 4.84. The van der Waals surface area contributed by atoms with Crippen LogP contribution in [0.5, 0.6) is 0 Å². The SMILES string of the molecule is CCO[C@@H]1[C@@H](C)[C@H]1C(=O)OC(C)(C)C. The van der Waals surface area contributed by atoms with Gasteiger partial charge in [-0.05, 0) is 33.6 Å². The summed E-state index contributed by atoms with van der Waals surface area (Å²) in [5, 5.41) is 0. The summed E-state index contributed by atoms with van der Waals surface area (Å²) < 4.78 is 10.7. The Morgan fingerprint density at radius 2 is 1.93 bits per heavy atom. The van der Waals surface area contributed by atoms with Crippen LogP contribution in [0.3, 0.4) is 0 Å². The van der Waals surface area contributed by atoms with Crippen LogP contribution in [0, 0.1) is 11.8 Å². The molecule has 0 saturated heterocycles. The first-order valence-corrected chi connectivity index (χ1v) is 5.21. The van der Waals surface area contributed by atoms with Gasteiger partial charge in [-0.15, -0.1) is 0 Å². The lowest BCUT2D eigenvalue weighted by Gasteiger charge is -2.19. The van der Waals surface area contributed by atoms with Crippen molar-refractivity contribution in [2.75, 3.05) is 6.61 Å². The molecule has 0 spiro atoms. The molecule has 1 fully saturated rings. The minimum atomic E-state index is -0.393. The zero-order chi connectivity index (χ0) is 10.9. The third-order valence-corrected chi connectivity index (χ3v) is 2.34. The van der Waals surface area contributed by atoms with Gasteiger partial charge >= 0.3 is 5.97 Å². The van der Waals surface area contributed by atoms with Crippen molar-refractivity contribution >= 4 is 5.97 Å². The molecule has 0 N–H and O–H groups in total. The van der Waals surface area contributed by atoms with E-state index in [1.165, 1.54) is 0 Å². The molecule has 82 valence electrons. The van der Waals surface area contributed by atoms with E-state index in [0.29, 0.717) is 12.5 Å². The zero-order valence-corrected chi connectivity index (χ0v) is 9.66. The van der Waals surface area contributed by atoms with E-state index in [1.807, 2.05) is 34.6 Å². The fourth-order valence-electron chi connectivity index (χ4n) is 1.59. The van der Waals surface area contributed by atoms with Gasteiger partial charge in [-0.3, -0.25) is 4.79 Å². The van der Waals surface area contributed by atoms with E-state index in [1.54, 1.807) is 0 Å². The monoisotopic (exact) mass is 200 g/mol. The summed E-state index contributed by atoms with van der Waals surface area (Å²) in [7, 11) is 0. The molecule has 3 heteroatoms. The number of hydrogen-bond donors (Lipinski definition) is 0. The summed E-state index contributed by atoms with van der Waals surface area (Å²) >= 11 is 0. The van der Waals surface area contributed by atoms with E-state index in [0.717, 1.165) is 0 Å². The molecule has 0 heterocycles. The standard InChI is InChI=1S/C11H20O3/c1-6-13-9-7(2)8(9)10(12)14-11(3,4)5/h7-9H,6H2,1-5H3/t7-,8+,9+/m0/s1. The Bertz CT molecular complexity index is 217.